The van der Waals surface area contributed by atoms with Gasteiger partial charge in [-0.15, -0.1) is 0 Å². The number of anilines is 6. The average molecular weight is 855 g/mol. The fraction of sp³-hybridized carbons (Fsp3) is 0.100. The number of furan rings is 2. The first-order chi connectivity index (χ1) is 32.5. The number of nitriles is 2. The van der Waals surface area contributed by atoms with Crippen molar-refractivity contribution in [3.8, 4) is 12.1 Å². The second-order valence-corrected chi connectivity index (χ2v) is 16.0. The molecule has 0 saturated heterocycles. The van der Waals surface area contributed by atoms with E-state index in [1.807, 2.05) is 76.2 Å². The highest BCUT2D eigenvalue weighted by atomic mass is 16.3. The van der Waals surface area contributed by atoms with E-state index in [0.29, 0.717) is 11.1 Å². The first kappa shape index (κ1) is 41.4. The Morgan fingerprint density at radius 1 is 0.348 bits per heavy atom. The standard InChI is InChI=1S/C56H34N4O2.2C2H6/c1-33-7-3-9-41-43-11-5-13-49(55(43)61-53(33)41)59(39-23-15-35(31-57)16-24-39)47-29-21-37-20-28-46-48(30-22-38-19-27-45(47)51(37)52(38)46)60(40-25-17-36(32-58)18-26-40)50-14-6-12-44-42-10-4-8-34(2)54(42)62-56(44)50;2*1-2/h3-30H,1-2H3;2*1-2H3. The van der Waals surface area contributed by atoms with E-state index in [-0.39, 0.29) is 0 Å². The summed E-state index contributed by atoms with van der Waals surface area (Å²) >= 11 is 0. The van der Waals surface area contributed by atoms with E-state index >= 15 is 0 Å². The molecule has 6 nitrogen and oxygen atoms in total. The predicted octanol–water partition coefficient (Wildman–Crippen LogP) is 17.7. The number of rotatable bonds is 6. The molecule has 0 aliphatic heterocycles. The SMILES string of the molecule is CC.CC.Cc1cccc2c1oc1c(N(c3ccc(C#N)cc3)c3ccc4ccc5c(N(c6ccc(C#N)cc6)c6cccc7c6oc6c(C)cccc67)ccc6ccc3c4c65)cccc12. The van der Waals surface area contributed by atoms with Gasteiger partial charge in [0.2, 0.25) is 0 Å². The zero-order valence-electron chi connectivity index (χ0n) is 37.8. The van der Waals surface area contributed by atoms with E-state index in [9.17, 15) is 10.5 Å². The monoisotopic (exact) mass is 854 g/mol. The van der Waals surface area contributed by atoms with Crippen LogP contribution in [0.3, 0.4) is 0 Å². The zero-order valence-corrected chi connectivity index (χ0v) is 37.8. The lowest BCUT2D eigenvalue weighted by Gasteiger charge is -2.29. The first-order valence-electron chi connectivity index (χ1n) is 22.6. The second-order valence-electron chi connectivity index (χ2n) is 16.0. The maximum atomic E-state index is 9.77. The average Bonchev–Trinajstić information content (AvgIpc) is 3.97. The summed E-state index contributed by atoms with van der Waals surface area (Å²) in [5, 5.41) is 30.5. The molecule has 0 unspecified atom stereocenters. The van der Waals surface area contributed by atoms with Crippen LogP contribution < -0.4 is 9.80 Å². The van der Waals surface area contributed by atoms with Gasteiger partial charge in [0.15, 0.2) is 11.2 Å². The molecule has 318 valence electrons. The normalized spacial score (nSPS) is 11.2. The summed E-state index contributed by atoms with van der Waals surface area (Å²) in [6.07, 6.45) is 0. The minimum atomic E-state index is 0.592. The van der Waals surface area contributed by atoms with E-state index < -0.39 is 0 Å². The van der Waals surface area contributed by atoms with Crippen molar-refractivity contribution in [3.05, 3.63) is 192 Å². The Labute approximate surface area is 383 Å². The number of benzene rings is 10. The van der Waals surface area contributed by atoms with Crippen LogP contribution in [0.4, 0.5) is 34.1 Å². The van der Waals surface area contributed by atoms with Gasteiger partial charge in [-0.05, 0) is 119 Å². The Balaban J connectivity index is 0.00000125. The maximum Gasteiger partial charge on any atom is 0.159 e. The molecule has 0 fully saturated rings. The van der Waals surface area contributed by atoms with Crippen molar-refractivity contribution in [3.63, 3.8) is 0 Å². The highest BCUT2D eigenvalue weighted by molar-refractivity contribution is 6.28. The molecule has 0 amide bonds. The Hall–Kier alpha value is -8.58. The lowest BCUT2D eigenvalue weighted by molar-refractivity contribution is 0.665. The molecular formula is C60H46N4O2. The molecule has 10 aromatic carbocycles. The van der Waals surface area contributed by atoms with Gasteiger partial charge in [0, 0.05) is 43.7 Å². The number of nitrogens with zero attached hydrogens (tertiary/aromatic N) is 4. The van der Waals surface area contributed by atoms with Crippen molar-refractivity contribution in [2.24, 2.45) is 0 Å². The Morgan fingerprint density at radius 2 is 0.697 bits per heavy atom. The van der Waals surface area contributed by atoms with Gasteiger partial charge in [0.1, 0.15) is 11.2 Å². The van der Waals surface area contributed by atoms with Gasteiger partial charge in [0.05, 0.1) is 46.0 Å². The van der Waals surface area contributed by atoms with Crippen molar-refractivity contribution in [2.45, 2.75) is 41.5 Å². The van der Waals surface area contributed by atoms with Gasteiger partial charge >= 0.3 is 0 Å². The van der Waals surface area contributed by atoms with Crippen molar-refractivity contribution < 1.29 is 8.83 Å². The van der Waals surface area contributed by atoms with Gasteiger partial charge in [-0.3, -0.25) is 0 Å². The summed E-state index contributed by atoms with van der Waals surface area (Å²) in [6, 6.07) is 63.0. The van der Waals surface area contributed by atoms with Gasteiger partial charge in [0.25, 0.3) is 0 Å². The second kappa shape index (κ2) is 16.8. The summed E-state index contributed by atoms with van der Waals surface area (Å²) < 4.78 is 13.6. The molecule has 0 aliphatic rings. The van der Waals surface area contributed by atoms with Crippen LogP contribution in [0.1, 0.15) is 49.9 Å². The molecule has 6 heteroatoms. The third-order valence-electron chi connectivity index (χ3n) is 12.5. The quantitative estimate of drug-likeness (QED) is 0.155. The van der Waals surface area contributed by atoms with Crippen molar-refractivity contribution in [1.29, 1.82) is 10.5 Å². The summed E-state index contributed by atoms with van der Waals surface area (Å²) in [5.74, 6) is 0. The van der Waals surface area contributed by atoms with Crippen LogP contribution in [-0.4, -0.2) is 0 Å². The summed E-state index contributed by atoms with van der Waals surface area (Å²) in [7, 11) is 0. The summed E-state index contributed by atoms with van der Waals surface area (Å²) in [6.45, 7) is 12.2. The fourth-order valence-corrected chi connectivity index (χ4v) is 9.59. The molecule has 2 heterocycles. The van der Waals surface area contributed by atoms with Crippen LogP contribution in [0.2, 0.25) is 0 Å². The van der Waals surface area contributed by atoms with E-state index in [0.717, 1.165) is 121 Å². The van der Waals surface area contributed by atoms with Crippen LogP contribution in [0.15, 0.2) is 179 Å². The molecule has 66 heavy (non-hydrogen) atoms. The highest BCUT2D eigenvalue weighted by Gasteiger charge is 2.26. The largest absolute Gasteiger partial charge is 0.454 e. The minimum absolute atomic E-state index is 0.592. The minimum Gasteiger partial charge on any atom is -0.454 e. The number of hydrogen-bond acceptors (Lipinski definition) is 6. The van der Waals surface area contributed by atoms with E-state index in [4.69, 9.17) is 8.83 Å². The van der Waals surface area contributed by atoms with Crippen LogP contribution in [-0.2, 0) is 0 Å². The third-order valence-corrected chi connectivity index (χ3v) is 12.5. The molecule has 0 aliphatic carbocycles. The van der Waals surface area contributed by atoms with Gasteiger partial charge in [-0.2, -0.15) is 10.5 Å². The Bertz CT molecular complexity index is 3610. The van der Waals surface area contributed by atoms with E-state index in [1.165, 1.54) is 0 Å². The highest BCUT2D eigenvalue weighted by Crippen LogP contribution is 2.50. The maximum absolute atomic E-state index is 9.77. The van der Waals surface area contributed by atoms with Crippen LogP contribution >= 0.6 is 0 Å². The molecule has 12 rings (SSSR count). The van der Waals surface area contributed by atoms with E-state index in [1.54, 1.807) is 0 Å². The van der Waals surface area contributed by atoms with Crippen molar-refractivity contribution in [1.82, 2.24) is 0 Å². The fourth-order valence-electron chi connectivity index (χ4n) is 9.59. The molecule has 0 N–H and O–H groups in total. The first-order valence-corrected chi connectivity index (χ1v) is 22.6. The lowest BCUT2D eigenvalue weighted by Crippen LogP contribution is -2.12. The van der Waals surface area contributed by atoms with Crippen LogP contribution in [0, 0.1) is 36.5 Å². The third kappa shape index (κ3) is 6.46. The Morgan fingerprint density at radius 3 is 1.08 bits per heavy atom. The molecule has 0 saturated carbocycles. The molecule has 12 aromatic rings. The molecule has 0 radical (unpaired) electrons. The molecule has 2 aromatic heterocycles. The summed E-state index contributed by atoms with van der Waals surface area (Å²) in [4.78, 5) is 4.53. The Kier molecular flexibility index (Phi) is 10.6. The van der Waals surface area contributed by atoms with Crippen molar-refractivity contribution >= 4 is 110 Å². The number of fused-ring (bicyclic) bond motifs is 6. The smallest absolute Gasteiger partial charge is 0.159 e. The lowest BCUT2D eigenvalue weighted by atomic mass is 9.91. The predicted molar refractivity (Wildman–Crippen MR) is 276 cm³/mol. The topological polar surface area (TPSA) is 80.3 Å². The number of para-hydroxylation sites is 4. The molecular weight excluding hydrogens is 809 g/mol. The van der Waals surface area contributed by atoms with E-state index in [2.05, 4.69) is 157 Å². The molecule has 0 atom stereocenters. The zero-order chi connectivity index (χ0) is 45.6. The van der Waals surface area contributed by atoms with Gasteiger partial charge in [-0.1, -0.05) is 125 Å². The van der Waals surface area contributed by atoms with Gasteiger partial charge in [-0.25, -0.2) is 0 Å². The number of hydrogen-bond donors (Lipinski definition) is 0. The summed E-state index contributed by atoms with van der Waals surface area (Å²) in [5.41, 5.74) is 12.3. The molecule has 0 spiro atoms. The van der Waals surface area contributed by atoms with Crippen LogP contribution in [0.5, 0.6) is 0 Å². The van der Waals surface area contributed by atoms with Gasteiger partial charge < -0.3 is 18.6 Å². The molecule has 0 bridgehead atoms. The van der Waals surface area contributed by atoms with Crippen molar-refractivity contribution in [2.75, 3.05) is 9.80 Å². The number of aryl methyl sites for hydroxylation is 2. The van der Waals surface area contributed by atoms with Crippen LogP contribution in [0.25, 0.3) is 76.2 Å².